The van der Waals surface area contributed by atoms with Crippen LogP contribution >= 0.6 is 0 Å². The monoisotopic (exact) mass is 256 g/mol. The van der Waals surface area contributed by atoms with Crippen LogP contribution in [0.2, 0.25) is 0 Å². The summed E-state index contributed by atoms with van der Waals surface area (Å²) < 4.78 is 0. The molecule has 102 valence electrons. The molecule has 1 aliphatic rings. The van der Waals surface area contributed by atoms with E-state index in [4.69, 9.17) is 0 Å². The van der Waals surface area contributed by atoms with Crippen LogP contribution in [0.25, 0.3) is 10.9 Å². The maximum atomic E-state index is 3.68. The number of aromatic nitrogens is 1. The van der Waals surface area contributed by atoms with Crippen LogP contribution in [-0.4, -0.2) is 17.6 Å². The predicted octanol–water partition coefficient (Wildman–Crippen LogP) is 3.64. The Labute approximate surface area is 115 Å². The zero-order valence-electron chi connectivity index (χ0n) is 12.3. The molecule has 3 rings (SSSR count). The summed E-state index contributed by atoms with van der Waals surface area (Å²) >= 11 is 0. The molecule has 1 aliphatic carbocycles. The molecule has 0 saturated carbocycles. The predicted molar refractivity (Wildman–Crippen MR) is 81.9 cm³/mol. The summed E-state index contributed by atoms with van der Waals surface area (Å²) in [7, 11) is 0. The third kappa shape index (κ3) is 2.30. The highest BCUT2D eigenvalue weighted by atomic mass is 14.9. The first-order valence-corrected chi connectivity index (χ1v) is 7.53. The molecule has 0 spiro atoms. The van der Waals surface area contributed by atoms with Gasteiger partial charge in [0.15, 0.2) is 0 Å². The van der Waals surface area contributed by atoms with Crippen LogP contribution < -0.4 is 5.32 Å². The lowest BCUT2D eigenvalue weighted by atomic mass is 9.90. The van der Waals surface area contributed by atoms with Crippen molar-refractivity contribution in [3.8, 4) is 0 Å². The number of aryl methyl sites for hydroxylation is 3. The summed E-state index contributed by atoms with van der Waals surface area (Å²) in [5.74, 6) is 0. The Hall–Kier alpha value is -1.28. The second-order valence-corrected chi connectivity index (χ2v) is 5.98. The molecule has 1 heterocycles. The molecule has 1 atom stereocenters. The molecule has 2 nitrogen and oxygen atoms in total. The van der Waals surface area contributed by atoms with E-state index in [1.165, 1.54) is 53.4 Å². The number of aromatic amines is 1. The van der Waals surface area contributed by atoms with Gasteiger partial charge in [-0.05, 0) is 68.8 Å². The lowest BCUT2D eigenvalue weighted by Crippen LogP contribution is -2.34. The van der Waals surface area contributed by atoms with Crippen molar-refractivity contribution in [2.75, 3.05) is 6.54 Å². The van der Waals surface area contributed by atoms with Gasteiger partial charge in [0.1, 0.15) is 0 Å². The first-order chi connectivity index (χ1) is 9.19. The van der Waals surface area contributed by atoms with E-state index in [2.05, 4.69) is 43.2 Å². The first kappa shape index (κ1) is 12.7. The molecule has 0 bridgehead atoms. The maximum Gasteiger partial charge on any atom is 0.0464 e. The fourth-order valence-electron chi connectivity index (χ4n) is 3.48. The third-order valence-corrected chi connectivity index (χ3v) is 4.31. The molecule has 1 aromatic carbocycles. The van der Waals surface area contributed by atoms with Crippen LogP contribution in [0.3, 0.4) is 0 Å². The highest BCUT2D eigenvalue weighted by molar-refractivity contribution is 5.88. The lowest BCUT2D eigenvalue weighted by Gasteiger charge is -2.23. The SMILES string of the molecule is CCCNC1CCc2[nH]c3cc(C)cc(C)c3c2C1. The average Bonchev–Trinajstić information content (AvgIpc) is 2.73. The summed E-state index contributed by atoms with van der Waals surface area (Å²) in [5.41, 5.74) is 7.14. The Balaban J connectivity index is 1.99. The van der Waals surface area contributed by atoms with Gasteiger partial charge in [-0.3, -0.25) is 0 Å². The largest absolute Gasteiger partial charge is 0.358 e. The summed E-state index contributed by atoms with van der Waals surface area (Å²) in [6.07, 6.45) is 4.84. The van der Waals surface area contributed by atoms with Crippen molar-refractivity contribution in [2.45, 2.75) is 52.5 Å². The Kier molecular flexibility index (Phi) is 3.36. The topological polar surface area (TPSA) is 27.8 Å². The third-order valence-electron chi connectivity index (χ3n) is 4.31. The van der Waals surface area contributed by atoms with E-state index < -0.39 is 0 Å². The van der Waals surface area contributed by atoms with Crippen molar-refractivity contribution in [2.24, 2.45) is 0 Å². The van der Waals surface area contributed by atoms with Crippen molar-refractivity contribution in [1.29, 1.82) is 0 Å². The number of benzene rings is 1. The molecule has 0 aliphatic heterocycles. The van der Waals surface area contributed by atoms with E-state index in [-0.39, 0.29) is 0 Å². The number of rotatable bonds is 3. The smallest absolute Gasteiger partial charge is 0.0464 e. The van der Waals surface area contributed by atoms with E-state index in [0.717, 1.165) is 6.54 Å². The number of hydrogen-bond acceptors (Lipinski definition) is 1. The average molecular weight is 256 g/mol. The van der Waals surface area contributed by atoms with Gasteiger partial charge in [0.25, 0.3) is 0 Å². The Morgan fingerprint density at radius 2 is 2.16 bits per heavy atom. The second-order valence-electron chi connectivity index (χ2n) is 5.98. The summed E-state index contributed by atoms with van der Waals surface area (Å²) in [5, 5.41) is 5.16. The molecular weight excluding hydrogens is 232 g/mol. The van der Waals surface area contributed by atoms with E-state index >= 15 is 0 Å². The van der Waals surface area contributed by atoms with Crippen LogP contribution in [-0.2, 0) is 12.8 Å². The first-order valence-electron chi connectivity index (χ1n) is 7.53. The molecule has 2 aromatic rings. The summed E-state index contributed by atoms with van der Waals surface area (Å²) in [6, 6.07) is 5.25. The molecule has 1 aromatic heterocycles. The Morgan fingerprint density at radius 3 is 2.95 bits per heavy atom. The number of H-pyrrole nitrogens is 1. The van der Waals surface area contributed by atoms with E-state index in [1.807, 2.05) is 0 Å². The lowest BCUT2D eigenvalue weighted by molar-refractivity contribution is 0.458. The fraction of sp³-hybridized carbons (Fsp3) is 0.529. The number of nitrogens with one attached hydrogen (secondary N) is 2. The van der Waals surface area contributed by atoms with Crippen molar-refractivity contribution in [3.05, 3.63) is 34.5 Å². The van der Waals surface area contributed by atoms with E-state index in [0.29, 0.717) is 6.04 Å². The van der Waals surface area contributed by atoms with E-state index in [1.54, 1.807) is 5.56 Å². The van der Waals surface area contributed by atoms with Crippen molar-refractivity contribution < 1.29 is 0 Å². The Bertz CT molecular complexity index is 595. The molecule has 19 heavy (non-hydrogen) atoms. The molecule has 0 fully saturated rings. The van der Waals surface area contributed by atoms with Gasteiger partial charge in [-0.2, -0.15) is 0 Å². The van der Waals surface area contributed by atoms with Crippen LogP contribution in [0.4, 0.5) is 0 Å². The van der Waals surface area contributed by atoms with Crippen LogP contribution in [0.5, 0.6) is 0 Å². The van der Waals surface area contributed by atoms with Gasteiger partial charge in [-0.1, -0.05) is 13.0 Å². The Morgan fingerprint density at radius 1 is 1.32 bits per heavy atom. The van der Waals surface area contributed by atoms with Crippen LogP contribution in [0.15, 0.2) is 12.1 Å². The molecule has 1 unspecified atom stereocenters. The minimum absolute atomic E-state index is 0.659. The van der Waals surface area contributed by atoms with Crippen LogP contribution in [0.1, 0.15) is 42.1 Å². The van der Waals surface area contributed by atoms with Gasteiger partial charge in [0.05, 0.1) is 0 Å². The summed E-state index contributed by atoms with van der Waals surface area (Å²) in [6.45, 7) is 7.80. The highest BCUT2D eigenvalue weighted by Crippen LogP contribution is 2.32. The highest BCUT2D eigenvalue weighted by Gasteiger charge is 2.22. The quantitative estimate of drug-likeness (QED) is 0.862. The molecular formula is C17H24N2. The number of hydrogen-bond donors (Lipinski definition) is 2. The minimum atomic E-state index is 0.659. The molecule has 0 saturated heterocycles. The van der Waals surface area contributed by atoms with Gasteiger partial charge in [-0.15, -0.1) is 0 Å². The molecule has 0 radical (unpaired) electrons. The normalized spacial score (nSPS) is 18.8. The van der Waals surface area contributed by atoms with Gasteiger partial charge in [0, 0.05) is 22.6 Å². The van der Waals surface area contributed by atoms with Gasteiger partial charge in [0.2, 0.25) is 0 Å². The zero-order valence-corrected chi connectivity index (χ0v) is 12.3. The van der Waals surface area contributed by atoms with Gasteiger partial charge in [-0.25, -0.2) is 0 Å². The minimum Gasteiger partial charge on any atom is -0.358 e. The van der Waals surface area contributed by atoms with Crippen molar-refractivity contribution in [3.63, 3.8) is 0 Å². The van der Waals surface area contributed by atoms with Crippen LogP contribution in [0, 0.1) is 13.8 Å². The van der Waals surface area contributed by atoms with E-state index in [9.17, 15) is 0 Å². The zero-order chi connectivity index (χ0) is 13.4. The number of fused-ring (bicyclic) bond motifs is 3. The maximum absolute atomic E-state index is 3.68. The van der Waals surface area contributed by atoms with Gasteiger partial charge < -0.3 is 10.3 Å². The second kappa shape index (κ2) is 5.01. The summed E-state index contributed by atoms with van der Waals surface area (Å²) in [4.78, 5) is 3.65. The van der Waals surface area contributed by atoms with Crippen molar-refractivity contribution in [1.82, 2.24) is 10.3 Å². The molecule has 2 heteroatoms. The standard InChI is InChI=1S/C17H24N2/c1-4-7-18-13-5-6-15-14(10-13)17-12(3)8-11(2)9-16(17)19-15/h8-9,13,18-19H,4-7,10H2,1-3H3. The van der Waals surface area contributed by atoms with Gasteiger partial charge >= 0.3 is 0 Å². The fourth-order valence-corrected chi connectivity index (χ4v) is 3.48. The molecule has 0 amide bonds. The molecule has 2 N–H and O–H groups in total. The van der Waals surface area contributed by atoms with Crippen molar-refractivity contribution >= 4 is 10.9 Å².